The number of nitrogens with two attached hydrogens (primary N) is 1. The van der Waals surface area contributed by atoms with E-state index in [1.54, 1.807) is 16.9 Å². The van der Waals surface area contributed by atoms with Gasteiger partial charge in [-0.15, -0.1) is 0 Å². The van der Waals surface area contributed by atoms with Gasteiger partial charge < -0.3 is 0 Å². The highest BCUT2D eigenvalue weighted by Crippen LogP contribution is 2.31. The van der Waals surface area contributed by atoms with Crippen LogP contribution < -0.4 is 11.3 Å². The van der Waals surface area contributed by atoms with E-state index < -0.39 is 11.9 Å². The minimum atomic E-state index is -0.504. The Bertz CT molecular complexity index is 612. The van der Waals surface area contributed by atoms with Crippen molar-refractivity contribution in [3.05, 3.63) is 51.5 Å². The molecule has 1 heterocycles. The largest absolute Gasteiger partial charge is 0.271 e. The molecule has 20 heavy (non-hydrogen) atoms. The molecule has 1 aromatic heterocycles. The molecule has 0 radical (unpaired) electrons. The van der Waals surface area contributed by atoms with E-state index in [9.17, 15) is 4.39 Å². The molecule has 0 spiro atoms. The molecule has 1 unspecified atom stereocenters. The first-order valence-corrected chi connectivity index (χ1v) is 6.85. The molecule has 0 amide bonds. The summed E-state index contributed by atoms with van der Waals surface area (Å²) in [7, 11) is 0. The third kappa shape index (κ3) is 2.81. The van der Waals surface area contributed by atoms with Crippen molar-refractivity contribution in [1.82, 2.24) is 15.2 Å². The van der Waals surface area contributed by atoms with Crippen LogP contribution >= 0.6 is 23.2 Å². The molecular formula is C13H15Cl2FN4. The molecule has 108 valence electrons. The third-order valence-corrected chi connectivity index (χ3v) is 3.59. The van der Waals surface area contributed by atoms with E-state index in [0.29, 0.717) is 16.3 Å². The van der Waals surface area contributed by atoms with Gasteiger partial charge in [-0.2, -0.15) is 5.10 Å². The lowest BCUT2D eigenvalue weighted by Crippen LogP contribution is -2.31. The van der Waals surface area contributed by atoms with Gasteiger partial charge in [0.15, 0.2) is 0 Å². The maximum Gasteiger partial charge on any atom is 0.142 e. The number of benzene rings is 1. The quantitative estimate of drug-likeness (QED) is 0.671. The number of halogens is 3. The van der Waals surface area contributed by atoms with Crippen LogP contribution in [0.1, 0.15) is 37.2 Å². The Morgan fingerprint density at radius 3 is 2.55 bits per heavy atom. The van der Waals surface area contributed by atoms with Crippen molar-refractivity contribution in [3.63, 3.8) is 0 Å². The fraction of sp³-hybridized carbons (Fsp3) is 0.308. The van der Waals surface area contributed by atoms with E-state index in [2.05, 4.69) is 10.5 Å². The van der Waals surface area contributed by atoms with Crippen molar-refractivity contribution in [3.8, 4) is 0 Å². The van der Waals surface area contributed by atoms with Crippen LogP contribution in [0.15, 0.2) is 24.4 Å². The standard InChI is InChI=1S/C13H15Cl2FN4/c1-7(2)20-13(10(15)6-18-20)12(19-17)8-3-4-9(14)11(16)5-8/h3-7,12,19H,17H2,1-2H3. The first-order chi connectivity index (χ1) is 9.45. The van der Waals surface area contributed by atoms with Gasteiger partial charge in [0, 0.05) is 6.04 Å². The van der Waals surface area contributed by atoms with Crippen molar-refractivity contribution in [2.24, 2.45) is 5.84 Å². The van der Waals surface area contributed by atoms with Crippen LogP contribution in [0.25, 0.3) is 0 Å². The molecule has 2 rings (SSSR count). The van der Waals surface area contributed by atoms with Crippen LogP contribution in [-0.2, 0) is 0 Å². The first kappa shape index (κ1) is 15.3. The predicted molar refractivity (Wildman–Crippen MR) is 78.2 cm³/mol. The molecule has 2 aromatic rings. The second-order valence-electron chi connectivity index (χ2n) is 4.69. The number of nitrogens with one attached hydrogen (secondary N) is 1. The Hall–Kier alpha value is -1.14. The second kappa shape index (κ2) is 6.10. The topological polar surface area (TPSA) is 55.9 Å². The summed E-state index contributed by atoms with van der Waals surface area (Å²) in [5, 5.41) is 4.75. The van der Waals surface area contributed by atoms with Crippen LogP contribution in [0, 0.1) is 5.82 Å². The van der Waals surface area contributed by atoms with Crippen molar-refractivity contribution >= 4 is 23.2 Å². The lowest BCUT2D eigenvalue weighted by Gasteiger charge is -2.21. The summed E-state index contributed by atoms with van der Waals surface area (Å²) in [5.41, 5.74) is 3.96. The van der Waals surface area contributed by atoms with Gasteiger partial charge >= 0.3 is 0 Å². The van der Waals surface area contributed by atoms with E-state index in [4.69, 9.17) is 29.0 Å². The summed E-state index contributed by atoms with van der Waals surface area (Å²) in [6.45, 7) is 3.95. The summed E-state index contributed by atoms with van der Waals surface area (Å²) in [6.07, 6.45) is 1.55. The molecule has 0 aliphatic heterocycles. The fourth-order valence-electron chi connectivity index (χ4n) is 2.06. The number of hydrogen-bond acceptors (Lipinski definition) is 3. The van der Waals surface area contributed by atoms with Gasteiger partial charge in [0.2, 0.25) is 0 Å². The van der Waals surface area contributed by atoms with Gasteiger partial charge in [-0.3, -0.25) is 10.5 Å². The van der Waals surface area contributed by atoms with Crippen molar-refractivity contribution in [1.29, 1.82) is 0 Å². The SMILES string of the molecule is CC(C)n1ncc(Cl)c1C(NN)c1ccc(Cl)c(F)c1. The minimum absolute atomic E-state index is 0.0629. The highest BCUT2D eigenvalue weighted by molar-refractivity contribution is 6.31. The van der Waals surface area contributed by atoms with Gasteiger partial charge in [-0.25, -0.2) is 9.82 Å². The molecule has 0 bridgehead atoms. The van der Waals surface area contributed by atoms with E-state index in [1.165, 1.54) is 12.1 Å². The van der Waals surface area contributed by atoms with Crippen LogP contribution in [-0.4, -0.2) is 9.78 Å². The maximum absolute atomic E-state index is 13.6. The zero-order valence-electron chi connectivity index (χ0n) is 11.1. The summed E-state index contributed by atoms with van der Waals surface area (Å²) >= 11 is 11.9. The highest BCUT2D eigenvalue weighted by Gasteiger charge is 2.23. The Morgan fingerprint density at radius 1 is 1.30 bits per heavy atom. The van der Waals surface area contributed by atoms with E-state index >= 15 is 0 Å². The average Bonchev–Trinajstić information content (AvgIpc) is 2.77. The van der Waals surface area contributed by atoms with Crippen LogP contribution in [0.4, 0.5) is 4.39 Å². The number of nitrogens with zero attached hydrogens (tertiary/aromatic N) is 2. The molecule has 0 aliphatic rings. The molecule has 3 N–H and O–H groups in total. The van der Waals surface area contributed by atoms with Gasteiger partial charge in [0.05, 0.1) is 28.0 Å². The smallest absolute Gasteiger partial charge is 0.142 e. The molecule has 0 aliphatic carbocycles. The molecule has 1 atom stereocenters. The average molecular weight is 317 g/mol. The summed E-state index contributed by atoms with van der Waals surface area (Å²) in [4.78, 5) is 0. The lowest BCUT2D eigenvalue weighted by molar-refractivity contribution is 0.475. The van der Waals surface area contributed by atoms with E-state index in [-0.39, 0.29) is 11.1 Å². The van der Waals surface area contributed by atoms with Gasteiger partial charge in [0.1, 0.15) is 5.82 Å². The summed E-state index contributed by atoms with van der Waals surface area (Å²) < 4.78 is 15.4. The summed E-state index contributed by atoms with van der Waals surface area (Å²) in [5.74, 6) is 5.11. The maximum atomic E-state index is 13.6. The van der Waals surface area contributed by atoms with Crippen molar-refractivity contribution in [2.75, 3.05) is 0 Å². The highest BCUT2D eigenvalue weighted by atomic mass is 35.5. The zero-order valence-corrected chi connectivity index (χ0v) is 12.6. The molecule has 4 nitrogen and oxygen atoms in total. The number of rotatable bonds is 4. The second-order valence-corrected chi connectivity index (χ2v) is 5.50. The van der Waals surface area contributed by atoms with Crippen LogP contribution in [0.3, 0.4) is 0 Å². The third-order valence-electron chi connectivity index (χ3n) is 2.99. The van der Waals surface area contributed by atoms with E-state index in [1.807, 2.05) is 13.8 Å². The lowest BCUT2D eigenvalue weighted by atomic mass is 10.0. The number of hydrogen-bond donors (Lipinski definition) is 2. The number of aromatic nitrogens is 2. The summed E-state index contributed by atoms with van der Waals surface area (Å²) in [6, 6.07) is 4.15. The van der Waals surface area contributed by atoms with Gasteiger partial charge in [0.25, 0.3) is 0 Å². The van der Waals surface area contributed by atoms with Crippen LogP contribution in [0.5, 0.6) is 0 Å². The Labute approximate surface area is 126 Å². The predicted octanol–water partition coefficient (Wildman–Crippen LogP) is 3.46. The number of hydrazine groups is 1. The Balaban J connectivity index is 2.52. The normalized spacial score (nSPS) is 12.9. The molecule has 1 aromatic carbocycles. The van der Waals surface area contributed by atoms with Gasteiger partial charge in [-0.05, 0) is 31.5 Å². The minimum Gasteiger partial charge on any atom is -0.271 e. The molecule has 0 saturated heterocycles. The zero-order chi connectivity index (χ0) is 14.9. The monoisotopic (exact) mass is 316 g/mol. The molecule has 7 heteroatoms. The first-order valence-electron chi connectivity index (χ1n) is 6.09. The van der Waals surface area contributed by atoms with Crippen molar-refractivity contribution in [2.45, 2.75) is 25.9 Å². The van der Waals surface area contributed by atoms with E-state index in [0.717, 1.165) is 0 Å². The Morgan fingerprint density at radius 2 is 2.00 bits per heavy atom. The molecule has 0 fully saturated rings. The molecular weight excluding hydrogens is 302 g/mol. The molecule has 0 saturated carbocycles. The van der Waals surface area contributed by atoms with Crippen molar-refractivity contribution < 1.29 is 4.39 Å². The fourth-order valence-corrected chi connectivity index (χ4v) is 2.41. The van der Waals surface area contributed by atoms with Gasteiger partial charge in [-0.1, -0.05) is 29.3 Å². The Kier molecular flexibility index (Phi) is 4.65. The van der Waals surface area contributed by atoms with Crippen LogP contribution in [0.2, 0.25) is 10.0 Å².